The molecule has 0 saturated carbocycles. The van der Waals surface area contributed by atoms with Crippen LogP contribution in [0.25, 0.3) is 22.1 Å². The van der Waals surface area contributed by atoms with E-state index in [0.717, 1.165) is 65.7 Å². The number of aromatic amines is 1. The van der Waals surface area contributed by atoms with E-state index in [4.69, 9.17) is 0 Å². The maximum absolute atomic E-state index is 9.36. The van der Waals surface area contributed by atoms with Crippen LogP contribution < -0.4 is 0 Å². The van der Waals surface area contributed by atoms with E-state index in [-0.39, 0.29) is 0 Å². The number of piperidine rings is 1. The predicted octanol–water partition coefficient (Wildman–Crippen LogP) is 3.62. The van der Waals surface area contributed by atoms with E-state index in [0.29, 0.717) is 6.04 Å². The quantitative estimate of drug-likeness (QED) is 0.608. The van der Waals surface area contributed by atoms with Gasteiger partial charge < -0.3 is 9.55 Å². The fourth-order valence-corrected chi connectivity index (χ4v) is 4.22. The average molecular weight is 356 g/mol. The lowest BCUT2D eigenvalue weighted by molar-refractivity contribution is 0.172. The monoisotopic (exact) mass is 356 g/mol. The summed E-state index contributed by atoms with van der Waals surface area (Å²) in [5, 5.41) is 10.5. The lowest BCUT2D eigenvalue weighted by atomic mass is 10.0. The summed E-state index contributed by atoms with van der Waals surface area (Å²) in [4.78, 5) is 14.7. The number of hydrogen-bond acceptors (Lipinski definition) is 4. The number of H-pyrrole nitrogens is 1. The number of hydrogen-bond donors (Lipinski definition) is 1. The van der Waals surface area contributed by atoms with Gasteiger partial charge in [-0.15, -0.1) is 0 Å². The van der Waals surface area contributed by atoms with Crippen molar-refractivity contribution in [2.75, 3.05) is 13.1 Å². The highest BCUT2D eigenvalue weighted by molar-refractivity contribution is 6.00. The maximum Gasteiger partial charge on any atom is 0.139 e. The zero-order valence-corrected chi connectivity index (χ0v) is 15.0. The van der Waals surface area contributed by atoms with Crippen molar-refractivity contribution in [3.8, 4) is 6.07 Å². The molecule has 1 fully saturated rings. The highest BCUT2D eigenvalue weighted by atomic mass is 15.2. The van der Waals surface area contributed by atoms with E-state index in [1.807, 2.05) is 36.9 Å². The number of nitriles is 1. The molecular weight excluding hydrogens is 336 g/mol. The van der Waals surface area contributed by atoms with E-state index in [2.05, 4.69) is 42.6 Å². The molecule has 6 nitrogen and oxygen atoms in total. The summed E-state index contributed by atoms with van der Waals surface area (Å²) in [5.41, 5.74) is 4.88. The van der Waals surface area contributed by atoms with E-state index in [1.54, 1.807) is 0 Å². The SMILES string of the molecule is N#Cc1ccccc1CN1CCC[C@@H](n2cnc3cnc4[nH]ccc4c32)C1. The second-order valence-corrected chi connectivity index (χ2v) is 7.18. The highest BCUT2D eigenvalue weighted by Crippen LogP contribution is 2.30. The van der Waals surface area contributed by atoms with Crippen molar-refractivity contribution >= 4 is 22.1 Å². The number of nitrogens with zero attached hydrogens (tertiary/aromatic N) is 5. The summed E-state index contributed by atoms with van der Waals surface area (Å²) in [5.74, 6) is 0. The first-order chi connectivity index (χ1) is 13.3. The highest BCUT2D eigenvalue weighted by Gasteiger charge is 2.24. The Morgan fingerprint density at radius 3 is 3.07 bits per heavy atom. The fraction of sp³-hybridized carbons (Fsp3) is 0.286. The van der Waals surface area contributed by atoms with Gasteiger partial charge in [-0.3, -0.25) is 4.90 Å². The summed E-state index contributed by atoms with van der Waals surface area (Å²) in [6.07, 6.45) is 8.00. The Morgan fingerprint density at radius 1 is 1.22 bits per heavy atom. The first-order valence-electron chi connectivity index (χ1n) is 9.32. The van der Waals surface area contributed by atoms with Gasteiger partial charge in [-0.1, -0.05) is 18.2 Å². The predicted molar refractivity (Wildman–Crippen MR) is 104 cm³/mol. The standard InChI is InChI=1S/C21H20N6/c22-10-15-4-1-2-5-16(15)12-26-9-3-6-17(13-26)27-14-25-19-11-24-21-18(20(19)27)7-8-23-21/h1-2,4-5,7-8,11,14,17H,3,6,9,12-13H2,(H,23,24)/t17-/m1/s1. The summed E-state index contributed by atoms with van der Waals surface area (Å²) in [6, 6.07) is 12.7. The van der Waals surface area contributed by atoms with E-state index in [1.165, 1.54) is 0 Å². The number of imidazole rings is 1. The second kappa shape index (κ2) is 6.53. The fourth-order valence-electron chi connectivity index (χ4n) is 4.22. The van der Waals surface area contributed by atoms with Crippen LogP contribution in [0.5, 0.6) is 0 Å². The molecule has 1 saturated heterocycles. The molecule has 1 aliphatic heterocycles. The van der Waals surface area contributed by atoms with Crippen molar-refractivity contribution in [2.45, 2.75) is 25.4 Å². The zero-order valence-electron chi connectivity index (χ0n) is 15.0. The van der Waals surface area contributed by atoms with Crippen LogP contribution in [0, 0.1) is 11.3 Å². The minimum atomic E-state index is 0.374. The van der Waals surface area contributed by atoms with Crippen molar-refractivity contribution in [3.63, 3.8) is 0 Å². The third-order valence-electron chi connectivity index (χ3n) is 5.52. The molecule has 0 spiro atoms. The first-order valence-corrected chi connectivity index (χ1v) is 9.32. The number of likely N-dealkylation sites (tertiary alicyclic amines) is 1. The van der Waals surface area contributed by atoms with Gasteiger partial charge in [-0.2, -0.15) is 5.26 Å². The summed E-state index contributed by atoms with van der Waals surface area (Å²) >= 11 is 0. The molecule has 27 heavy (non-hydrogen) atoms. The third-order valence-corrected chi connectivity index (χ3v) is 5.52. The molecule has 5 rings (SSSR count). The number of rotatable bonds is 3. The van der Waals surface area contributed by atoms with Crippen LogP contribution in [0.2, 0.25) is 0 Å². The van der Waals surface area contributed by atoms with Crippen LogP contribution in [0.1, 0.15) is 30.0 Å². The summed E-state index contributed by atoms with van der Waals surface area (Å²) in [7, 11) is 0. The van der Waals surface area contributed by atoms with Crippen LogP contribution in [0.3, 0.4) is 0 Å². The Kier molecular flexibility index (Phi) is 3.88. The number of aromatic nitrogens is 4. The van der Waals surface area contributed by atoms with Crippen molar-refractivity contribution in [1.29, 1.82) is 5.26 Å². The molecule has 1 N–H and O–H groups in total. The van der Waals surface area contributed by atoms with Crippen molar-refractivity contribution in [3.05, 3.63) is 60.2 Å². The molecule has 6 heteroatoms. The molecule has 134 valence electrons. The average Bonchev–Trinajstić information content (AvgIpc) is 3.35. The Bertz CT molecular complexity index is 1150. The smallest absolute Gasteiger partial charge is 0.139 e. The summed E-state index contributed by atoms with van der Waals surface area (Å²) in [6.45, 7) is 2.83. The molecule has 0 aliphatic carbocycles. The van der Waals surface area contributed by atoms with E-state index in [9.17, 15) is 5.26 Å². The summed E-state index contributed by atoms with van der Waals surface area (Å²) < 4.78 is 2.32. The van der Waals surface area contributed by atoms with Crippen LogP contribution >= 0.6 is 0 Å². The maximum atomic E-state index is 9.36. The second-order valence-electron chi connectivity index (χ2n) is 7.18. The van der Waals surface area contributed by atoms with Crippen molar-refractivity contribution in [1.82, 2.24) is 24.4 Å². The third kappa shape index (κ3) is 2.77. The van der Waals surface area contributed by atoms with Gasteiger partial charge in [-0.05, 0) is 37.1 Å². The first kappa shape index (κ1) is 16.0. The van der Waals surface area contributed by atoms with Gasteiger partial charge in [0.05, 0.1) is 29.7 Å². The van der Waals surface area contributed by atoms with Crippen molar-refractivity contribution in [2.24, 2.45) is 0 Å². The molecule has 0 radical (unpaired) electrons. The normalized spacial score (nSPS) is 18.1. The Labute approximate surface area is 157 Å². The molecule has 4 aromatic rings. The zero-order chi connectivity index (χ0) is 18.2. The Hall–Kier alpha value is -3.17. The molecule has 4 heterocycles. The van der Waals surface area contributed by atoms with Crippen LogP contribution in [0.4, 0.5) is 0 Å². The molecule has 1 aliphatic rings. The Balaban J connectivity index is 1.46. The number of nitrogens with one attached hydrogen (secondary N) is 1. The number of benzene rings is 1. The van der Waals surface area contributed by atoms with Crippen LogP contribution in [0.15, 0.2) is 49.1 Å². The number of fused-ring (bicyclic) bond motifs is 3. The minimum absolute atomic E-state index is 0.374. The van der Waals surface area contributed by atoms with E-state index < -0.39 is 0 Å². The van der Waals surface area contributed by atoms with Gasteiger partial charge >= 0.3 is 0 Å². The van der Waals surface area contributed by atoms with Gasteiger partial charge in [0, 0.05) is 30.7 Å². The lowest BCUT2D eigenvalue weighted by Gasteiger charge is -2.34. The largest absolute Gasteiger partial charge is 0.346 e. The molecular formula is C21H20N6. The molecule has 1 atom stereocenters. The van der Waals surface area contributed by atoms with Crippen LogP contribution in [-0.2, 0) is 6.54 Å². The number of pyridine rings is 1. The molecule has 0 unspecified atom stereocenters. The molecule has 1 aromatic carbocycles. The van der Waals surface area contributed by atoms with E-state index >= 15 is 0 Å². The molecule has 0 amide bonds. The minimum Gasteiger partial charge on any atom is -0.346 e. The Morgan fingerprint density at radius 2 is 2.15 bits per heavy atom. The topological polar surface area (TPSA) is 73.5 Å². The van der Waals surface area contributed by atoms with Gasteiger partial charge in [0.25, 0.3) is 0 Å². The lowest BCUT2D eigenvalue weighted by Crippen LogP contribution is -2.36. The van der Waals surface area contributed by atoms with Gasteiger partial charge in [0.1, 0.15) is 11.2 Å². The van der Waals surface area contributed by atoms with Crippen LogP contribution in [-0.4, -0.2) is 37.5 Å². The van der Waals surface area contributed by atoms with Gasteiger partial charge in [0.15, 0.2) is 0 Å². The molecule has 0 bridgehead atoms. The van der Waals surface area contributed by atoms with Crippen molar-refractivity contribution < 1.29 is 0 Å². The van der Waals surface area contributed by atoms with Gasteiger partial charge in [0.2, 0.25) is 0 Å². The molecule has 3 aromatic heterocycles. The van der Waals surface area contributed by atoms with Gasteiger partial charge in [-0.25, -0.2) is 9.97 Å².